The fraction of sp³-hybridized carbons (Fsp3) is 0.211. The topological polar surface area (TPSA) is 73.1 Å². The van der Waals surface area contributed by atoms with Gasteiger partial charge in [0.05, 0.1) is 36.7 Å². The van der Waals surface area contributed by atoms with E-state index in [1.165, 1.54) is 12.1 Å². The van der Waals surface area contributed by atoms with E-state index < -0.39 is 5.97 Å². The van der Waals surface area contributed by atoms with Crippen LogP contribution in [0.25, 0.3) is 10.2 Å². The highest BCUT2D eigenvalue weighted by molar-refractivity contribution is 7.17. The standard InChI is InChI=1S/C19H17N3O4S/c1-25-13-5-3-12(4-6-13)14-10-21-15-7-8-27-17(15)9-16(21)19(24)22(20-14)11-18(23)26-2/h3-9H,10-11H2,1-2H3. The van der Waals surface area contributed by atoms with E-state index in [9.17, 15) is 9.59 Å². The molecule has 0 bridgehead atoms. The number of rotatable bonds is 4. The fourth-order valence-corrected chi connectivity index (χ4v) is 3.88. The average molecular weight is 383 g/mol. The summed E-state index contributed by atoms with van der Waals surface area (Å²) in [4.78, 5) is 24.8. The van der Waals surface area contributed by atoms with Crippen molar-refractivity contribution in [1.82, 2.24) is 9.58 Å². The lowest BCUT2D eigenvalue weighted by atomic mass is 10.1. The number of carbonyl (C=O) groups is 2. The number of thiophene rings is 1. The Labute approximate surface area is 159 Å². The molecular weight excluding hydrogens is 366 g/mol. The number of hydrogen-bond acceptors (Lipinski definition) is 6. The predicted octanol–water partition coefficient (Wildman–Crippen LogP) is 2.74. The number of fused-ring (bicyclic) bond motifs is 3. The monoisotopic (exact) mass is 383 g/mol. The molecule has 0 unspecified atom stereocenters. The molecule has 8 heteroatoms. The highest BCUT2D eigenvalue weighted by Crippen LogP contribution is 2.28. The number of amides is 1. The van der Waals surface area contributed by atoms with Gasteiger partial charge in [0.25, 0.3) is 5.91 Å². The van der Waals surface area contributed by atoms with Gasteiger partial charge in [-0.3, -0.25) is 9.59 Å². The van der Waals surface area contributed by atoms with Crippen LogP contribution >= 0.6 is 11.3 Å². The van der Waals surface area contributed by atoms with Crippen LogP contribution < -0.4 is 4.74 Å². The molecule has 4 rings (SSSR count). The van der Waals surface area contributed by atoms with Crippen molar-refractivity contribution in [2.45, 2.75) is 6.54 Å². The number of methoxy groups -OCH3 is 2. The van der Waals surface area contributed by atoms with Crippen LogP contribution in [0.5, 0.6) is 5.75 Å². The lowest BCUT2D eigenvalue weighted by Gasteiger charge is -2.14. The van der Waals surface area contributed by atoms with Crippen LogP contribution in [0.4, 0.5) is 0 Å². The zero-order valence-corrected chi connectivity index (χ0v) is 15.7. The molecule has 27 heavy (non-hydrogen) atoms. The summed E-state index contributed by atoms with van der Waals surface area (Å²) >= 11 is 1.57. The van der Waals surface area contributed by atoms with Crippen molar-refractivity contribution in [3.05, 3.63) is 53.0 Å². The third-order valence-electron chi connectivity index (χ3n) is 4.46. The number of hydrogen-bond donors (Lipinski definition) is 0. The van der Waals surface area contributed by atoms with E-state index >= 15 is 0 Å². The Bertz CT molecular complexity index is 1050. The van der Waals surface area contributed by atoms with Crippen LogP contribution in [0.15, 0.2) is 46.9 Å². The molecule has 0 N–H and O–H groups in total. The summed E-state index contributed by atoms with van der Waals surface area (Å²) in [5, 5.41) is 7.65. The van der Waals surface area contributed by atoms with E-state index in [4.69, 9.17) is 9.47 Å². The molecule has 3 aromatic rings. The second-order valence-corrected chi connectivity index (χ2v) is 6.95. The smallest absolute Gasteiger partial charge is 0.327 e. The zero-order valence-electron chi connectivity index (χ0n) is 14.8. The summed E-state index contributed by atoms with van der Waals surface area (Å²) < 4.78 is 12.9. The molecule has 1 aromatic carbocycles. The molecule has 0 radical (unpaired) electrons. The van der Waals surface area contributed by atoms with Crippen molar-refractivity contribution in [1.29, 1.82) is 0 Å². The van der Waals surface area contributed by atoms with E-state index in [-0.39, 0.29) is 12.5 Å². The average Bonchev–Trinajstić information content (AvgIpc) is 3.25. The summed E-state index contributed by atoms with van der Waals surface area (Å²) in [5.74, 6) is -0.118. The highest BCUT2D eigenvalue weighted by Gasteiger charge is 2.28. The van der Waals surface area contributed by atoms with Gasteiger partial charge in [-0.2, -0.15) is 5.10 Å². The third-order valence-corrected chi connectivity index (χ3v) is 5.31. The molecule has 2 aromatic heterocycles. The first-order chi connectivity index (χ1) is 13.1. The second-order valence-electron chi connectivity index (χ2n) is 6.00. The van der Waals surface area contributed by atoms with Crippen LogP contribution in [0.3, 0.4) is 0 Å². The molecule has 0 saturated carbocycles. The number of esters is 1. The van der Waals surface area contributed by atoms with Crippen molar-refractivity contribution in [2.75, 3.05) is 20.8 Å². The molecule has 0 saturated heterocycles. The maximum Gasteiger partial charge on any atom is 0.327 e. The van der Waals surface area contributed by atoms with Gasteiger partial charge in [-0.05, 0) is 47.3 Å². The molecule has 0 fully saturated rings. The van der Waals surface area contributed by atoms with Gasteiger partial charge in [0.1, 0.15) is 18.0 Å². The first kappa shape index (κ1) is 17.3. The van der Waals surface area contributed by atoms with Gasteiger partial charge < -0.3 is 14.0 Å². The summed E-state index contributed by atoms with van der Waals surface area (Å²) in [6.07, 6.45) is 0. The molecule has 138 valence electrons. The SMILES string of the molecule is COC(=O)CN1N=C(c2ccc(OC)cc2)Cn2c(cc3sccc32)C1=O. The lowest BCUT2D eigenvalue weighted by molar-refractivity contribution is -0.141. The molecule has 3 heterocycles. The Balaban J connectivity index is 1.82. The van der Waals surface area contributed by atoms with Crippen molar-refractivity contribution in [3.63, 3.8) is 0 Å². The third kappa shape index (κ3) is 3.08. The number of carbonyl (C=O) groups excluding carboxylic acids is 2. The van der Waals surface area contributed by atoms with Gasteiger partial charge in [-0.25, -0.2) is 5.01 Å². The molecule has 0 spiro atoms. The molecule has 0 atom stereocenters. The summed E-state index contributed by atoms with van der Waals surface area (Å²) in [6.45, 7) is 0.180. The minimum absolute atomic E-state index is 0.242. The summed E-state index contributed by atoms with van der Waals surface area (Å²) in [7, 11) is 2.89. The minimum atomic E-state index is -0.525. The Hall–Kier alpha value is -3.13. The normalized spacial score (nSPS) is 13.9. The number of aromatic nitrogens is 1. The highest BCUT2D eigenvalue weighted by atomic mass is 32.1. The van der Waals surface area contributed by atoms with Gasteiger partial charge in [-0.15, -0.1) is 11.3 Å². The number of hydrazone groups is 1. The van der Waals surface area contributed by atoms with Gasteiger partial charge in [0.2, 0.25) is 0 Å². The van der Waals surface area contributed by atoms with Crippen molar-refractivity contribution in [2.24, 2.45) is 5.10 Å². The van der Waals surface area contributed by atoms with Crippen LogP contribution in [-0.4, -0.2) is 47.9 Å². The zero-order chi connectivity index (χ0) is 19.0. The van der Waals surface area contributed by atoms with E-state index in [2.05, 4.69) is 5.10 Å². The molecule has 7 nitrogen and oxygen atoms in total. The number of nitrogens with zero attached hydrogens (tertiary/aromatic N) is 3. The summed E-state index contributed by atoms with van der Waals surface area (Å²) in [6, 6.07) is 11.3. The van der Waals surface area contributed by atoms with E-state index in [1.807, 2.05) is 46.3 Å². The number of benzene rings is 1. The van der Waals surface area contributed by atoms with Crippen LogP contribution in [0.2, 0.25) is 0 Å². The largest absolute Gasteiger partial charge is 0.497 e. The maximum absolute atomic E-state index is 13.0. The first-order valence-electron chi connectivity index (χ1n) is 8.28. The van der Waals surface area contributed by atoms with Gasteiger partial charge in [0, 0.05) is 0 Å². The Morgan fingerprint density at radius 3 is 2.70 bits per heavy atom. The Morgan fingerprint density at radius 1 is 1.22 bits per heavy atom. The van der Waals surface area contributed by atoms with Crippen molar-refractivity contribution >= 4 is 39.1 Å². The Kier molecular flexibility index (Phi) is 4.41. The summed E-state index contributed by atoms with van der Waals surface area (Å²) in [5.41, 5.74) is 3.01. The number of ether oxygens (including phenoxy) is 2. The first-order valence-corrected chi connectivity index (χ1v) is 9.16. The van der Waals surface area contributed by atoms with Crippen molar-refractivity contribution in [3.8, 4) is 5.75 Å². The lowest BCUT2D eigenvalue weighted by Crippen LogP contribution is -2.32. The molecular formula is C19H17N3O4S. The maximum atomic E-state index is 13.0. The van der Waals surface area contributed by atoms with E-state index in [0.29, 0.717) is 18.0 Å². The fourth-order valence-electron chi connectivity index (χ4n) is 3.06. The van der Waals surface area contributed by atoms with Crippen LogP contribution in [-0.2, 0) is 16.1 Å². The van der Waals surface area contributed by atoms with E-state index in [1.54, 1.807) is 18.4 Å². The van der Waals surface area contributed by atoms with Gasteiger partial charge in [-0.1, -0.05) is 0 Å². The van der Waals surface area contributed by atoms with Gasteiger partial charge in [0.15, 0.2) is 0 Å². The van der Waals surface area contributed by atoms with Crippen molar-refractivity contribution < 1.29 is 19.1 Å². The Morgan fingerprint density at radius 2 is 2.00 bits per heavy atom. The minimum Gasteiger partial charge on any atom is -0.497 e. The van der Waals surface area contributed by atoms with Crippen LogP contribution in [0.1, 0.15) is 16.1 Å². The molecule has 1 amide bonds. The molecule has 1 aliphatic rings. The quantitative estimate of drug-likeness (QED) is 0.650. The molecule has 0 aliphatic carbocycles. The van der Waals surface area contributed by atoms with Gasteiger partial charge >= 0.3 is 5.97 Å². The molecule has 1 aliphatic heterocycles. The van der Waals surface area contributed by atoms with Crippen LogP contribution in [0, 0.1) is 0 Å². The van der Waals surface area contributed by atoms with E-state index in [0.717, 1.165) is 21.5 Å². The second kappa shape index (κ2) is 6.88. The predicted molar refractivity (Wildman–Crippen MR) is 102 cm³/mol.